The molecule has 1 saturated carbocycles. The molecule has 0 radical (unpaired) electrons. The zero-order chi connectivity index (χ0) is 11.8. The van der Waals surface area contributed by atoms with Crippen molar-refractivity contribution in [3.63, 3.8) is 0 Å². The highest BCUT2D eigenvalue weighted by Gasteiger charge is 2.29. The van der Waals surface area contributed by atoms with Crippen LogP contribution in [0.15, 0.2) is 34.1 Å². The quantitative estimate of drug-likeness (QED) is 0.917. The molecule has 2 aromatic rings. The maximum absolute atomic E-state index is 5.82. The summed E-state index contributed by atoms with van der Waals surface area (Å²) in [5.41, 5.74) is 8.05. The Morgan fingerprint density at radius 3 is 2.76 bits per heavy atom. The summed E-state index contributed by atoms with van der Waals surface area (Å²) in [5.74, 6) is 0.589. The molecule has 1 aromatic carbocycles. The molecular formula is C13H13BrN2S. The molecule has 1 aliphatic rings. The van der Waals surface area contributed by atoms with Gasteiger partial charge in [0.05, 0.1) is 10.7 Å². The van der Waals surface area contributed by atoms with E-state index in [0.717, 1.165) is 23.0 Å². The molecule has 0 amide bonds. The highest BCUT2D eigenvalue weighted by Crippen LogP contribution is 2.39. The number of nitrogens with zero attached hydrogens (tertiary/aromatic N) is 1. The first kappa shape index (κ1) is 11.4. The molecule has 1 fully saturated rings. The molecule has 0 atom stereocenters. The molecule has 0 bridgehead atoms. The predicted octanol–water partition coefficient (Wildman–Crippen LogP) is 3.78. The molecule has 2 nitrogen and oxygen atoms in total. The number of halogens is 1. The van der Waals surface area contributed by atoms with E-state index in [0.29, 0.717) is 12.0 Å². The molecule has 3 rings (SSSR count). The summed E-state index contributed by atoms with van der Waals surface area (Å²) in [6.45, 7) is 0. The van der Waals surface area contributed by atoms with Gasteiger partial charge in [0.1, 0.15) is 0 Å². The Kier molecular flexibility index (Phi) is 3.03. The lowest BCUT2D eigenvalue weighted by molar-refractivity contribution is 0.351. The van der Waals surface area contributed by atoms with E-state index < -0.39 is 0 Å². The second-order valence-corrected chi connectivity index (χ2v) is 6.22. The zero-order valence-electron chi connectivity index (χ0n) is 9.27. The summed E-state index contributed by atoms with van der Waals surface area (Å²) >= 11 is 5.32. The predicted molar refractivity (Wildman–Crippen MR) is 75.2 cm³/mol. The summed E-state index contributed by atoms with van der Waals surface area (Å²) < 4.78 is 1.10. The molecule has 1 aliphatic carbocycles. The number of benzene rings is 1. The summed E-state index contributed by atoms with van der Waals surface area (Å²) in [6.07, 6.45) is 2.17. The van der Waals surface area contributed by atoms with Crippen molar-refractivity contribution in [3.8, 4) is 11.3 Å². The van der Waals surface area contributed by atoms with Gasteiger partial charge in [-0.1, -0.05) is 34.1 Å². The van der Waals surface area contributed by atoms with Crippen molar-refractivity contribution in [2.75, 3.05) is 0 Å². The number of hydrogen-bond acceptors (Lipinski definition) is 3. The van der Waals surface area contributed by atoms with E-state index >= 15 is 0 Å². The van der Waals surface area contributed by atoms with Crippen molar-refractivity contribution in [2.45, 2.75) is 24.8 Å². The lowest BCUT2D eigenvalue weighted by Gasteiger charge is -2.30. The van der Waals surface area contributed by atoms with Crippen molar-refractivity contribution in [1.29, 1.82) is 0 Å². The monoisotopic (exact) mass is 308 g/mol. The fourth-order valence-electron chi connectivity index (χ4n) is 2.13. The van der Waals surface area contributed by atoms with Crippen molar-refractivity contribution >= 4 is 27.3 Å². The van der Waals surface area contributed by atoms with E-state index in [4.69, 9.17) is 10.7 Å². The van der Waals surface area contributed by atoms with Crippen LogP contribution in [0, 0.1) is 0 Å². The van der Waals surface area contributed by atoms with Crippen molar-refractivity contribution in [3.05, 3.63) is 39.1 Å². The number of aromatic nitrogens is 1. The van der Waals surface area contributed by atoms with Crippen LogP contribution >= 0.6 is 27.3 Å². The minimum absolute atomic E-state index is 0.385. The molecule has 0 unspecified atom stereocenters. The van der Waals surface area contributed by atoms with Crippen LogP contribution in [0.1, 0.15) is 23.8 Å². The molecular weight excluding hydrogens is 296 g/mol. The molecule has 17 heavy (non-hydrogen) atoms. The first-order chi connectivity index (χ1) is 8.24. The van der Waals surface area contributed by atoms with Crippen LogP contribution < -0.4 is 5.73 Å². The highest BCUT2D eigenvalue weighted by atomic mass is 79.9. The Bertz CT molecular complexity index is 532. The summed E-state index contributed by atoms with van der Waals surface area (Å²) in [4.78, 5) is 4.73. The second-order valence-electron chi connectivity index (χ2n) is 4.48. The third-order valence-electron chi connectivity index (χ3n) is 3.20. The maximum atomic E-state index is 5.82. The van der Waals surface area contributed by atoms with Gasteiger partial charge < -0.3 is 5.73 Å². The largest absolute Gasteiger partial charge is 0.328 e. The molecule has 0 spiro atoms. The van der Waals surface area contributed by atoms with E-state index in [2.05, 4.69) is 27.4 Å². The van der Waals surface area contributed by atoms with E-state index in [-0.39, 0.29) is 0 Å². The van der Waals surface area contributed by atoms with Crippen molar-refractivity contribution < 1.29 is 0 Å². The molecule has 1 heterocycles. The minimum Gasteiger partial charge on any atom is -0.328 e. The maximum Gasteiger partial charge on any atom is 0.0964 e. The number of rotatable bonds is 2. The lowest BCUT2D eigenvalue weighted by atomic mass is 9.81. The van der Waals surface area contributed by atoms with Gasteiger partial charge in [-0.15, -0.1) is 11.3 Å². The lowest BCUT2D eigenvalue weighted by Crippen LogP contribution is -2.34. The van der Waals surface area contributed by atoms with Crippen LogP contribution in [-0.2, 0) is 0 Å². The number of hydrogen-bond donors (Lipinski definition) is 1. The topological polar surface area (TPSA) is 38.9 Å². The fourth-order valence-corrected chi connectivity index (χ4v) is 3.57. The van der Waals surface area contributed by atoms with Crippen LogP contribution in [0.2, 0.25) is 0 Å². The summed E-state index contributed by atoms with van der Waals surface area (Å²) in [6, 6.07) is 8.59. The Balaban J connectivity index is 1.88. The first-order valence-corrected chi connectivity index (χ1v) is 7.37. The molecule has 4 heteroatoms. The van der Waals surface area contributed by atoms with E-state index in [1.807, 2.05) is 18.2 Å². The Hall–Kier alpha value is -0.710. The van der Waals surface area contributed by atoms with Crippen molar-refractivity contribution in [1.82, 2.24) is 4.98 Å². The Morgan fingerprint density at radius 2 is 2.06 bits per heavy atom. The smallest absolute Gasteiger partial charge is 0.0964 e. The Morgan fingerprint density at radius 1 is 1.29 bits per heavy atom. The molecule has 1 aromatic heterocycles. The van der Waals surface area contributed by atoms with Gasteiger partial charge in [0.25, 0.3) is 0 Å². The van der Waals surface area contributed by atoms with E-state index in [1.165, 1.54) is 10.6 Å². The molecule has 0 saturated heterocycles. The first-order valence-electron chi connectivity index (χ1n) is 5.70. The van der Waals surface area contributed by atoms with Gasteiger partial charge in [-0.2, -0.15) is 0 Å². The van der Waals surface area contributed by atoms with Crippen LogP contribution in [0.3, 0.4) is 0 Å². The van der Waals surface area contributed by atoms with Gasteiger partial charge in [0.2, 0.25) is 0 Å². The van der Waals surface area contributed by atoms with Gasteiger partial charge >= 0.3 is 0 Å². The van der Waals surface area contributed by atoms with Gasteiger partial charge in [-0.05, 0) is 18.9 Å². The van der Waals surface area contributed by atoms with E-state index in [1.54, 1.807) is 11.3 Å². The summed E-state index contributed by atoms with van der Waals surface area (Å²) in [5, 5.41) is 3.37. The number of thiazole rings is 1. The van der Waals surface area contributed by atoms with Crippen LogP contribution in [-0.4, -0.2) is 11.0 Å². The normalized spacial score (nSPS) is 23.4. The fraction of sp³-hybridized carbons (Fsp3) is 0.308. The second kappa shape index (κ2) is 4.52. The molecule has 2 N–H and O–H groups in total. The standard InChI is InChI=1S/C13H13BrN2S/c14-11-4-2-1-3-10(11)12-7-17-13(16-12)8-5-9(15)6-8/h1-4,7-9H,5-6,15H2. The van der Waals surface area contributed by atoms with Gasteiger partial charge in [0.15, 0.2) is 0 Å². The average Bonchev–Trinajstić information content (AvgIpc) is 2.74. The van der Waals surface area contributed by atoms with Gasteiger partial charge in [-0.25, -0.2) is 4.98 Å². The average molecular weight is 309 g/mol. The zero-order valence-corrected chi connectivity index (χ0v) is 11.7. The Labute approximate surface area is 113 Å². The summed E-state index contributed by atoms with van der Waals surface area (Å²) in [7, 11) is 0. The van der Waals surface area contributed by atoms with Crippen molar-refractivity contribution in [2.24, 2.45) is 5.73 Å². The third kappa shape index (κ3) is 2.17. The van der Waals surface area contributed by atoms with Crippen LogP contribution in [0.25, 0.3) is 11.3 Å². The van der Waals surface area contributed by atoms with Gasteiger partial charge in [-0.3, -0.25) is 0 Å². The minimum atomic E-state index is 0.385. The SMILES string of the molecule is NC1CC(c2nc(-c3ccccc3Br)cs2)C1. The number of nitrogens with two attached hydrogens (primary N) is 1. The van der Waals surface area contributed by atoms with E-state index in [9.17, 15) is 0 Å². The third-order valence-corrected chi connectivity index (χ3v) is 4.89. The molecule has 88 valence electrons. The molecule has 0 aliphatic heterocycles. The van der Waals surface area contributed by atoms with Crippen LogP contribution in [0.4, 0.5) is 0 Å². The highest BCUT2D eigenvalue weighted by molar-refractivity contribution is 9.10. The van der Waals surface area contributed by atoms with Gasteiger partial charge in [0, 0.05) is 27.4 Å². The van der Waals surface area contributed by atoms with Crippen LogP contribution in [0.5, 0.6) is 0 Å².